The Kier molecular flexibility index (Phi) is 8.22. The zero-order valence-electron chi connectivity index (χ0n) is 20.5. The first-order chi connectivity index (χ1) is 16.6. The molecule has 0 saturated carbocycles. The first-order valence-electron chi connectivity index (χ1n) is 11.4. The van der Waals surface area contributed by atoms with Crippen LogP contribution in [0.2, 0.25) is 0 Å². The van der Waals surface area contributed by atoms with Crippen LogP contribution in [0.5, 0.6) is 11.5 Å². The fourth-order valence-electron chi connectivity index (χ4n) is 4.10. The van der Waals surface area contributed by atoms with Crippen LogP contribution < -0.4 is 4.74 Å². The van der Waals surface area contributed by atoms with Crippen LogP contribution in [0, 0.1) is 25.6 Å². The van der Waals surface area contributed by atoms with Gasteiger partial charge >= 0.3 is 5.97 Å². The van der Waals surface area contributed by atoms with Crippen molar-refractivity contribution in [1.29, 1.82) is 0 Å². The van der Waals surface area contributed by atoms with E-state index in [4.69, 9.17) is 9.47 Å². The van der Waals surface area contributed by atoms with Gasteiger partial charge in [0.2, 0.25) is 0 Å². The fraction of sp³-hybridized carbons (Fsp3) is 0.321. The summed E-state index contributed by atoms with van der Waals surface area (Å²) in [6.45, 7) is 7.19. The van der Waals surface area contributed by atoms with Crippen molar-refractivity contribution in [2.45, 2.75) is 46.1 Å². The second-order valence-corrected chi connectivity index (χ2v) is 8.77. The molecular formula is C28H30FNO5. The lowest BCUT2D eigenvalue weighted by molar-refractivity contribution is -0.153. The number of carbonyl (C=O) groups is 2. The van der Waals surface area contributed by atoms with Crippen molar-refractivity contribution in [3.05, 3.63) is 88.5 Å². The highest BCUT2D eigenvalue weighted by molar-refractivity contribution is 5.99. The molecule has 0 aliphatic carbocycles. The molecule has 1 heterocycles. The van der Waals surface area contributed by atoms with Crippen molar-refractivity contribution in [3.8, 4) is 11.5 Å². The van der Waals surface area contributed by atoms with Crippen LogP contribution >= 0.6 is 0 Å². The molecule has 0 unspecified atom stereocenters. The Labute approximate surface area is 204 Å². The quantitative estimate of drug-likeness (QED) is 0.321. The number of esters is 1. The molecule has 0 aliphatic heterocycles. The van der Waals surface area contributed by atoms with Gasteiger partial charge in [-0.1, -0.05) is 42.8 Å². The van der Waals surface area contributed by atoms with Crippen LogP contribution in [0.15, 0.2) is 54.7 Å². The third-order valence-corrected chi connectivity index (χ3v) is 6.04. The Morgan fingerprint density at radius 1 is 1.06 bits per heavy atom. The van der Waals surface area contributed by atoms with Gasteiger partial charge in [0.15, 0.2) is 23.0 Å². The van der Waals surface area contributed by atoms with E-state index in [-0.39, 0.29) is 35.3 Å². The van der Waals surface area contributed by atoms with Gasteiger partial charge in [-0.05, 0) is 49.6 Å². The predicted molar refractivity (Wildman–Crippen MR) is 130 cm³/mol. The number of aryl methyl sites for hydroxylation is 2. The summed E-state index contributed by atoms with van der Waals surface area (Å²) >= 11 is 0. The zero-order chi connectivity index (χ0) is 25.7. The number of rotatable bonds is 9. The van der Waals surface area contributed by atoms with Gasteiger partial charge in [0.05, 0.1) is 13.0 Å². The van der Waals surface area contributed by atoms with Crippen molar-refractivity contribution in [2.75, 3.05) is 7.11 Å². The number of ether oxygens (including phenoxy) is 2. The van der Waals surface area contributed by atoms with E-state index in [0.29, 0.717) is 0 Å². The highest BCUT2D eigenvalue weighted by atomic mass is 19.1. The van der Waals surface area contributed by atoms with Crippen molar-refractivity contribution in [2.24, 2.45) is 5.92 Å². The van der Waals surface area contributed by atoms with Gasteiger partial charge in [-0.25, -0.2) is 9.37 Å². The number of ketones is 1. The summed E-state index contributed by atoms with van der Waals surface area (Å²) in [7, 11) is 1.37. The number of aromatic nitrogens is 1. The average molecular weight is 480 g/mol. The lowest BCUT2D eigenvalue weighted by Gasteiger charge is -2.27. The summed E-state index contributed by atoms with van der Waals surface area (Å²) in [6, 6.07) is 13.9. The molecule has 2 aromatic carbocycles. The number of benzene rings is 2. The molecule has 0 bridgehead atoms. The Bertz CT molecular complexity index is 1210. The van der Waals surface area contributed by atoms with Crippen molar-refractivity contribution in [3.63, 3.8) is 0 Å². The van der Waals surface area contributed by atoms with Gasteiger partial charge in [-0.3, -0.25) is 9.59 Å². The summed E-state index contributed by atoms with van der Waals surface area (Å²) in [5.74, 6) is -2.71. The predicted octanol–water partition coefficient (Wildman–Crippen LogP) is 5.52. The lowest BCUT2D eigenvalue weighted by atomic mass is 9.84. The molecule has 3 atom stereocenters. The molecule has 184 valence electrons. The van der Waals surface area contributed by atoms with Crippen molar-refractivity contribution < 1.29 is 28.6 Å². The SMILES string of the molecule is COc1ccnc(C(=O)C[C@@H](C)C(=O)O[C@@H](C)[C@H](c2ccc(C)cc2)c2ccc(F)cc2C)c1O. The molecule has 3 rings (SSSR count). The maximum Gasteiger partial charge on any atom is 0.309 e. The van der Waals surface area contributed by atoms with E-state index in [9.17, 15) is 19.1 Å². The van der Waals surface area contributed by atoms with Crippen LogP contribution in [-0.2, 0) is 9.53 Å². The molecule has 3 aromatic rings. The number of hydrogen-bond donors (Lipinski definition) is 1. The van der Waals surface area contributed by atoms with E-state index in [1.54, 1.807) is 19.9 Å². The molecule has 0 aliphatic rings. The van der Waals surface area contributed by atoms with Gasteiger partial charge in [0.1, 0.15) is 11.9 Å². The minimum absolute atomic E-state index is 0.128. The van der Waals surface area contributed by atoms with Gasteiger partial charge in [0.25, 0.3) is 0 Å². The number of hydrogen-bond acceptors (Lipinski definition) is 6. The van der Waals surface area contributed by atoms with Crippen LogP contribution in [0.25, 0.3) is 0 Å². The van der Waals surface area contributed by atoms with E-state index >= 15 is 0 Å². The zero-order valence-corrected chi connectivity index (χ0v) is 20.5. The average Bonchev–Trinajstić information content (AvgIpc) is 2.81. The molecular weight excluding hydrogens is 449 g/mol. The molecule has 0 saturated heterocycles. The number of aromatic hydroxyl groups is 1. The van der Waals surface area contributed by atoms with Crippen molar-refractivity contribution in [1.82, 2.24) is 4.98 Å². The smallest absolute Gasteiger partial charge is 0.309 e. The maximum atomic E-state index is 13.8. The second-order valence-electron chi connectivity index (χ2n) is 8.77. The van der Waals surface area contributed by atoms with Crippen LogP contribution in [-0.4, -0.2) is 35.1 Å². The number of halogens is 1. The molecule has 7 heteroatoms. The van der Waals surface area contributed by atoms with Crippen LogP contribution in [0.1, 0.15) is 58.9 Å². The molecule has 1 N–H and O–H groups in total. The Balaban J connectivity index is 1.80. The van der Waals surface area contributed by atoms with E-state index in [1.165, 1.54) is 31.5 Å². The summed E-state index contributed by atoms with van der Waals surface area (Å²) in [5, 5.41) is 10.2. The molecule has 1 aromatic heterocycles. The first-order valence-corrected chi connectivity index (χ1v) is 11.4. The summed E-state index contributed by atoms with van der Waals surface area (Å²) in [4.78, 5) is 29.6. The summed E-state index contributed by atoms with van der Waals surface area (Å²) < 4.78 is 24.6. The minimum atomic E-state index is -0.773. The van der Waals surface area contributed by atoms with Crippen molar-refractivity contribution >= 4 is 11.8 Å². The van der Waals surface area contributed by atoms with Gasteiger partial charge < -0.3 is 14.6 Å². The number of methoxy groups -OCH3 is 1. The van der Waals surface area contributed by atoms with Gasteiger partial charge in [-0.2, -0.15) is 0 Å². The topological polar surface area (TPSA) is 85.7 Å². The van der Waals surface area contributed by atoms with Gasteiger partial charge in [0, 0.05) is 24.6 Å². The molecule has 35 heavy (non-hydrogen) atoms. The van der Waals surface area contributed by atoms with E-state index in [1.807, 2.05) is 38.1 Å². The largest absolute Gasteiger partial charge is 0.503 e. The van der Waals surface area contributed by atoms with E-state index in [2.05, 4.69) is 4.98 Å². The lowest BCUT2D eigenvalue weighted by Crippen LogP contribution is -2.28. The maximum absolute atomic E-state index is 13.8. The van der Waals surface area contributed by atoms with E-state index < -0.39 is 23.8 Å². The minimum Gasteiger partial charge on any atom is -0.503 e. The fourth-order valence-corrected chi connectivity index (χ4v) is 4.10. The van der Waals surface area contributed by atoms with E-state index in [0.717, 1.165) is 22.3 Å². The summed E-state index contributed by atoms with van der Waals surface area (Å²) in [6.07, 6.45) is 0.577. The Morgan fingerprint density at radius 3 is 2.37 bits per heavy atom. The third kappa shape index (κ3) is 6.04. The first kappa shape index (κ1) is 25.9. The molecule has 6 nitrogen and oxygen atoms in total. The third-order valence-electron chi connectivity index (χ3n) is 6.04. The Hall–Kier alpha value is -3.74. The highest BCUT2D eigenvalue weighted by Gasteiger charge is 2.29. The highest BCUT2D eigenvalue weighted by Crippen LogP contribution is 2.34. The molecule has 0 fully saturated rings. The summed E-state index contributed by atoms with van der Waals surface area (Å²) in [5.41, 5.74) is 3.47. The number of nitrogens with zero attached hydrogens (tertiary/aromatic N) is 1. The van der Waals surface area contributed by atoms with Gasteiger partial charge in [-0.15, -0.1) is 0 Å². The molecule has 0 amide bonds. The van der Waals surface area contributed by atoms with Crippen LogP contribution in [0.4, 0.5) is 4.39 Å². The monoisotopic (exact) mass is 479 g/mol. The number of pyridine rings is 1. The standard InChI is InChI=1S/C28H30FNO5/c1-16-6-8-20(9-7-16)25(22-11-10-21(29)14-17(22)2)19(4)35-28(33)18(3)15-23(31)26-27(32)24(34-5)12-13-30-26/h6-14,18-19,25,32H,15H2,1-5H3/t18-,19+,25-/m1/s1. The van der Waals surface area contributed by atoms with Crippen LogP contribution in [0.3, 0.4) is 0 Å². The molecule has 0 radical (unpaired) electrons. The number of Topliss-reactive ketones (excluding diaryl/α,β-unsaturated/α-hetero) is 1. The second kappa shape index (κ2) is 11.1. The normalized spacial score (nSPS) is 13.5. The number of carbonyl (C=O) groups excluding carboxylic acids is 2. The molecule has 0 spiro atoms. The Morgan fingerprint density at radius 2 is 1.74 bits per heavy atom.